The van der Waals surface area contributed by atoms with Gasteiger partial charge >= 0.3 is 0 Å². The highest BCUT2D eigenvalue weighted by Crippen LogP contribution is 2.14. The van der Waals surface area contributed by atoms with Crippen molar-refractivity contribution in [2.24, 2.45) is 0 Å². The van der Waals surface area contributed by atoms with Gasteiger partial charge in [-0.05, 0) is 37.1 Å². The molecule has 0 aliphatic carbocycles. The maximum Gasteiger partial charge on any atom is 0.144 e. The van der Waals surface area contributed by atoms with Gasteiger partial charge in [-0.15, -0.1) is 11.3 Å². The van der Waals surface area contributed by atoms with Gasteiger partial charge in [0.05, 0.1) is 6.42 Å². The molecule has 1 aromatic heterocycles. The highest BCUT2D eigenvalue weighted by molar-refractivity contribution is 7.09. The number of hydrogen-bond acceptors (Lipinski definition) is 3. The molecule has 2 nitrogen and oxygen atoms in total. The van der Waals surface area contributed by atoms with Crippen molar-refractivity contribution < 1.29 is 9.18 Å². The summed E-state index contributed by atoms with van der Waals surface area (Å²) in [5, 5.41) is 2.78. The molecule has 0 unspecified atom stereocenters. The normalized spacial score (nSPS) is 10.6. The zero-order valence-corrected chi connectivity index (χ0v) is 11.2. The Kier molecular flexibility index (Phi) is 3.87. The molecule has 4 heteroatoms. The summed E-state index contributed by atoms with van der Waals surface area (Å²) in [5.41, 5.74) is 2.65. The van der Waals surface area contributed by atoms with Crippen molar-refractivity contribution in [3.8, 4) is 0 Å². The van der Waals surface area contributed by atoms with E-state index in [4.69, 9.17) is 0 Å². The van der Waals surface area contributed by atoms with E-state index in [1.54, 1.807) is 6.07 Å². The predicted octanol–water partition coefficient (Wildman–Crippen LogP) is 3.25. The van der Waals surface area contributed by atoms with Crippen LogP contribution in [0.2, 0.25) is 0 Å². The summed E-state index contributed by atoms with van der Waals surface area (Å²) >= 11 is 1.50. The number of nitrogens with zero attached hydrogens (tertiary/aromatic N) is 1. The van der Waals surface area contributed by atoms with Crippen LogP contribution in [0.4, 0.5) is 4.39 Å². The Balaban J connectivity index is 2.03. The Morgan fingerprint density at radius 2 is 2.11 bits per heavy atom. The molecule has 0 fully saturated rings. The van der Waals surface area contributed by atoms with E-state index in [-0.39, 0.29) is 11.6 Å². The molecule has 0 aliphatic rings. The van der Waals surface area contributed by atoms with Crippen LogP contribution < -0.4 is 0 Å². The molecule has 1 aromatic carbocycles. The van der Waals surface area contributed by atoms with Crippen molar-refractivity contribution in [1.82, 2.24) is 4.98 Å². The highest BCUT2D eigenvalue weighted by atomic mass is 32.1. The average Bonchev–Trinajstić information content (AvgIpc) is 2.68. The summed E-state index contributed by atoms with van der Waals surface area (Å²) in [5.74, 6) is -0.154. The van der Waals surface area contributed by atoms with Crippen molar-refractivity contribution >= 4 is 17.1 Å². The third-order valence-corrected chi connectivity index (χ3v) is 3.67. The lowest BCUT2D eigenvalue weighted by atomic mass is 10.0. The van der Waals surface area contributed by atoms with E-state index < -0.39 is 0 Å². The van der Waals surface area contributed by atoms with Gasteiger partial charge in [-0.3, -0.25) is 4.79 Å². The Morgan fingerprint density at radius 1 is 1.33 bits per heavy atom. The van der Waals surface area contributed by atoms with Gasteiger partial charge in [0.1, 0.15) is 16.6 Å². The Labute approximate surface area is 110 Å². The van der Waals surface area contributed by atoms with Crippen LogP contribution >= 0.6 is 11.3 Å². The van der Waals surface area contributed by atoms with E-state index in [0.717, 1.165) is 21.8 Å². The molecule has 0 radical (unpaired) electrons. The number of aromatic nitrogens is 1. The fourth-order valence-corrected chi connectivity index (χ4v) is 2.59. The zero-order valence-electron chi connectivity index (χ0n) is 10.4. The van der Waals surface area contributed by atoms with Crippen LogP contribution in [0.1, 0.15) is 21.8 Å². The summed E-state index contributed by atoms with van der Waals surface area (Å²) < 4.78 is 12.9. The van der Waals surface area contributed by atoms with Crippen molar-refractivity contribution in [1.29, 1.82) is 0 Å². The average molecular weight is 263 g/mol. The lowest BCUT2D eigenvalue weighted by Crippen LogP contribution is -2.07. The number of aryl methyl sites for hydroxylation is 2. The number of hydrogen-bond donors (Lipinski definition) is 0. The molecule has 0 saturated heterocycles. The van der Waals surface area contributed by atoms with Crippen molar-refractivity contribution in [2.45, 2.75) is 26.7 Å². The lowest BCUT2D eigenvalue weighted by Gasteiger charge is -2.04. The molecule has 0 aliphatic heterocycles. The predicted molar refractivity (Wildman–Crippen MR) is 70.4 cm³/mol. The maximum atomic E-state index is 12.9. The van der Waals surface area contributed by atoms with Crippen LogP contribution in [-0.4, -0.2) is 10.8 Å². The first-order chi connectivity index (χ1) is 8.54. The van der Waals surface area contributed by atoms with Gasteiger partial charge in [-0.25, -0.2) is 9.37 Å². The molecule has 2 rings (SSSR count). The number of carbonyl (C=O) groups excluding carboxylic acids is 1. The molecular weight excluding hydrogens is 249 g/mol. The number of Topliss-reactive ketones (excluding diaryl/α,β-unsaturated/α-hetero) is 1. The molecule has 2 aromatic rings. The van der Waals surface area contributed by atoms with E-state index in [1.165, 1.54) is 23.5 Å². The van der Waals surface area contributed by atoms with Gasteiger partial charge in [-0.1, -0.05) is 6.07 Å². The van der Waals surface area contributed by atoms with Crippen molar-refractivity contribution in [3.63, 3.8) is 0 Å². The first-order valence-corrected chi connectivity index (χ1v) is 6.60. The van der Waals surface area contributed by atoms with Crippen LogP contribution in [0.5, 0.6) is 0 Å². The van der Waals surface area contributed by atoms with Gasteiger partial charge in [0.25, 0.3) is 0 Å². The van der Waals surface area contributed by atoms with Gasteiger partial charge in [-0.2, -0.15) is 0 Å². The second kappa shape index (κ2) is 5.40. The minimum atomic E-state index is -0.265. The van der Waals surface area contributed by atoms with E-state index >= 15 is 0 Å². The number of halogens is 1. The maximum absolute atomic E-state index is 12.9. The van der Waals surface area contributed by atoms with Gasteiger partial charge in [0.15, 0.2) is 0 Å². The molecule has 0 bridgehead atoms. The largest absolute Gasteiger partial charge is 0.299 e. The van der Waals surface area contributed by atoms with Crippen molar-refractivity contribution in [2.75, 3.05) is 0 Å². The zero-order chi connectivity index (χ0) is 13.1. The smallest absolute Gasteiger partial charge is 0.144 e. The fraction of sp³-hybridized carbons (Fsp3) is 0.286. The Bertz CT molecular complexity index is 577. The molecule has 18 heavy (non-hydrogen) atoms. The molecule has 0 amide bonds. The van der Waals surface area contributed by atoms with Gasteiger partial charge in [0, 0.05) is 17.5 Å². The van der Waals surface area contributed by atoms with Gasteiger partial charge in [0.2, 0.25) is 0 Å². The highest BCUT2D eigenvalue weighted by Gasteiger charge is 2.10. The van der Waals surface area contributed by atoms with Crippen LogP contribution in [0, 0.1) is 19.7 Å². The van der Waals surface area contributed by atoms with E-state index in [1.807, 2.05) is 19.2 Å². The van der Waals surface area contributed by atoms with Crippen LogP contribution in [0.15, 0.2) is 23.6 Å². The molecular formula is C14H14FNOS. The molecule has 0 saturated carbocycles. The molecule has 94 valence electrons. The number of carbonyl (C=O) groups is 1. The molecule has 1 heterocycles. The minimum Gasteiger partial charge on any atom is -0.299 e. The third-order valence-electron chi connectivity index (χ3n) is 2.71. The van der Waals surface area contributed by atoms with Crippen LogP contribution in [0.25, 0.3) is 0 Å². The summed E-state index contributed by atoms with van der Waals surface area (Å²) in [7, 11) is 0. The van der Waals surface area contributed by atoms with E-state index in [2.05, 4.69) is 4.98 Å². The standard InChI is InChI=1S/C14H14FNOS/c1-9-5-12(15)4-3-11(9)6-13(17)7-14-16-10(2)8-18-14/h3-5,8H,6-7H2,1-2H3. The summed E-state index contributed by atoms with van der Waals surface area (Å²) in [4.78, 5) is 16.2. The first kappa shape index (κ1) is 12.9. The number of benzene rings is 1. The molecule has 0 atom stereocenters. The van der Waals surface area contributed by atoms with Crippen LogP contribution in [-0.2, 0) is 17.6 Å². The lowest BCUT2D eigenvalue weighted by molar-refractivity contribution is -0.117. The van der Waals surface area contributed by atoms with E-state index in [0.29, 0.717) is 12.8 Å². The quantitative estimate of drug-likeness (QED) is 0.847. The number of ketones is 1. The topological polar surface area (TPSA) is 30.0 Å². The second-order valence-electron chi connectivity index (χ2n) is 4.35. The molecule has 0 spiro atoms. The monoisotopic (exact) mass is 263 g/mol. The Morgan fingerprint density at radius 3 is 2.72 bits per heavy atom. The number of rotatable bonds is 4. The van der Waals surface area contributed by atoms with Gasteiger partial charge < -0.3 is 0 Å². The van der Waals surface area contributed by atoms with Crippen molar-refractivity contribution in [3.05, 3.63) is 51.2 Å². The summed E-state index contributed by atoms with van der Waals surface area (Å²) in [6.45, 7) is 3.73. The third kappa shape index (κ3) is 3.23. The second-order valence-corrected chi connectivity index (χ2v) is 5.29. The molecule has 0 N–H and O–H groups in total. The van der Waals surface area contributed by atoms with Crippen LogP contribution in [0.3, 0.4) is 0 Å². The first-order valence-electron chi connectivity index (χ1n) is 5.72. The summed E-state index contributed by atoms with van der Waals surface area (Å²) in [6, 6.07) is 4.52. The summed E-state index contributed by atoms with van der Waals surface area (Å²) in [6.07, 6.45) is 0.695. The number of thiazole rings is 1. The fourth-order valence-electron chi connectivity index (χ4n) is 1.79. The van der Waals surface area contributed by atoms with E-state index in [9.17, 15) is 9.18 Å². The Hall–Kier alpha value is -1.55. The SMILES string of the molecule is Cc1csc(CC(=O)Cc2ccc(F)cc2C)n1. The minimum absolute atomic E-state index is 0.110.